The van der Waals surface area contributed by atoms with Crippen LogP contribution < -0.4 is 10.5 Å². The number of amides is 1. The van der Waals surface area contributed by atoms with Gasteiger partial charge in [0.25, 0.3) is 0 Å². The number of nitrogens with zero attached hydrogens (tertiary/aromatic N) is 2. The van der Waals surface area contributed by atoms with Gasteiger partial charge in [-0.05, 0) is 37.8 Å². The van der Waals surface area contributed by atoms with E-state index in [1.54, 1.807) is 7.11 Å². The number of rotatable bonds is 7. The molecule has 158 valence electrons. The van der Waals surface area contributed by atoms with Crippen LogP contribution in [0.5, 0.6) is 5.75 Å². The molecule has 1 aromatic carbocycles. The molecule has 0 saturated carbocycles. The first-order valence-electron chi connectivity index (χ1n) is 9.74. The van der Waals surface area contributed by atoms with Gasteiger partial charge in [0.2, 0.25) is 5.91 Å². The van der Waals surface area contributed by atoms with Crippen LogP contribution in [-0.4, -0.2) is 61.6 Å². The fraction of sp³-hybridized carbons (Fsp3) is 0.571. The maximum Gasteiger partial charge on any atom is 0.222 e. The van der Waals surface area contributed by atoms with Gasteiger partial charge in [0, 0.05) is 44.2 Å². The van der Waals surface area contributed by atoms with E-state index in [0.29, 0.717) is 30.8 Å². The number of benzene rings is 1. The summed E-state index contributed by atoms with van der Waals surface area (Å²) in [6.07, 6.45) is 8.05. The molecule has 28 heavy (non-hydrogen) atoms. The molecule has 5 nitrogen and oxygen atoms in total. The summed E-state index contributed by atoms with van der Waals surface area (Å²) >= 11 is 0. The molecule has 2 saturated heterocycles. The first-order chi connectivity index (χ1) is 12.7. The number of nitrogens with two attached hydrogens (primary N) is 1. The maximum absolute atomic E-state index is 12.3. The first kappa shape index (κ1) is 24.8. The lowest BCUT2D eigenvalue weighted by Crippen LogP contribution is -2.56. The molecule has 2 heterocycles. The van der Waals surface area contributed by atoms with Crippen LogP contribution >= 0.6 is 24.8 Å². The number of halogens is 2. The maximum atomic E-state index is 12.3. The molecule has 2 N–H and O–H groups in total. The van der Waals surface area contributed by atoms with Crippen molar-refractivity contribution in [3.05, 3.63) is 35.9 Å². The highest BCUT2D eigenvalue weighted by Crippen LogP contribution is 2.31. The van der Waals surface area contributed by atoms with Crippen LogP contribution in [0.1, 0.15) is 31.2 Å². The molecule has 2 aliphatic heterocycles. The Morgan fingerprint density at radius 3 is 2.79 bits per heavy atom. The summed E-state index contributed by atoms with van der Waals surface area (Å²) in [6.45, 7) is 4.54. The van der Waals surface area contributed by atoms with E-state index < -0.39 is 0 Å². The number of fused-ring (bicyclic) bond motifs is 1. The lowest BCUT2D eigenvalue weighted by atomic mass is 9.83. The molecule has 1 amide bonds. The second kappa shape index (κ2) is 12.3. The van der Waals surface area contributed by atoms with Crippen molar-refractivity contribution < 1.29 is 9.53 Å². The third-order valence-electron chi connectivity index (χ3n) is 5.63. The van der Waals surface area contributed by atoms with Gasteiger partial charge >= 0.3 is 0 Å². The molecule has 0 unspecified atom stereocenters. The molecule has 3 rings (SSSR count). The highest BCUT2D eigenvalue weighted by atomic mass is 35.5. The number of carbonyl (C=O) groups excluding carboxylic acids is 1. The Hall–Kier alpha value is -1.27. The van der Waals surface area contributed by atoms with Crippen LogP contribution in [0.15, 0.2) is 30.3 Å². The van der Waals surface area contributed by atoms with E-state index in [4.69, 9.17) is 10.5 Å². The quantitative estimate of drug-likeness (QED) is 0.722. The van der Waals surface area contributed by atoms with E-state index in [-0.39, 0.29) is 24.8 Å². The molecule has 2 aliphatic rings. The highest BCUT2D eigenvalue weighted by molar-refractivity contribution is 5.85. The van der Waals surface area contributed by atoms with Crippen molar-refractivity contribution in [2.45, 2.75) is 31.7 Å². The van der Waals surface area contributed by atoms with Crippen molar-refractivity contribution in [3.8, 4) is 5.75 Å². The van der Waals surface area contributed by atoms with Gasteiger partial charge in [-0.1, -0.05) is 30.4 Å². The fourth-order valence-corrected chi connectivity index (χ4v) is 4.28. The minimum atomic E-state index is 0. The van der Waals surface area contributed by atoms with E-state index in [2.05, 4.69) is 28.0 Å². The number of piperidine rings is 2. The standard InChI is InChI=1S/C21H31N3O2.2ClH/c1-26-20-8-3-2-6-17(20)7-4-13-23-15-11-19-18(16-23)9-10-21(25)24(19)14-5-12-22;;/h2-4,6-8,18-19H,5,9-16,22H2,1H3;2*1H/b7-4+;;/t18-,19+;;/m0../s1. The second-order valence-electron chi connectivity index (χ2n) is 7.29. The fourth-order valence-electron chi connectivity index (χ4n) is 4.28. The minimum absolute atomic E-state index is 0. The van der Waals surface area contributed by atoms with Crippen LogP contribution in [0.2, 0.25) is 0 Å². The van der Waals surface area contributed by atoms with E-state index in [1.165, 1.54) is 0 Å². The summed E-state index contributed by atoms with van der Waals surface area (Å²) in [5.74, 6) is 1.83. The summed E-state index contributed by atoms with van der Waals surface area (Å²) < 4.78 is 5.40. The van der Waals surface area contributed by atoms with Crippen LogP contribution in [0, 0.1) is 5.92 Å². The summed E-state index contributed by atoms with van der Waals surface area (Å²) in [6, 6.07) is 8.49. The predicted molar refractivity (Wildman–Crippen MR) is 119 cm³/mol. The van der Waals surface area contributed by atoms with Crippen LogP contribution in [0.25, 0.3) is 6.08 Å². The van der Waals surface area contributed by atoms with Crippen molar-refractivity contribution in [2.24, 2.45) is 11.7 Å². The van der Waals surface area contributed by atoms with Crippen LogP contribution in [0.4, 0.5) is 0 Å². The monoisotopic (exact) mass is 429 g/mol. The number of hydrogen-bond donors (Lipinski definition) is 1. The van der Waals surface area contributed by atoms with E-state index in [9.17, 15) is 4.79 Å². The molecule has 0 radical (unpaired) electrons. The highest BCUT2D eigenvalue weighted by Gasteiger charge is 2.38. The topological polar surface area (TPSA) is 58.8 Å². The number of para-hydroxylation sites is 1. The number of ether oxygens (including phenoxy) is 1. The van der Waals surface area contributed by atoms with Crippen molar-refractivity contribution in [1.29, 1.82) is 0 Å². The van der Waals surface area contributed by atoms with Gasteiger partial charge in [-0.2, -0.15) is 0 Å². The van der Waals surface area contributed by atoms with Crippen LogP contribution in [-0.2, 0) is 4.79 Å². The third-order valence-corrected chi connectivity index (χ3v) is 5.63. The Balaban J connectivity index is 0.00000196. The molecular weight excluding hydrogens is 397 g/mol. The Morgan fingerprint density at radius 2 is 2.04 bits per heavy atom. The predicted octanol–water partition coefficient (Wildman–Crippen LogP) is 3.21. The molecular formula is C21H33Cl2N3O2. The average molecular weight is 430 g/mol. The Kier molecular flexibility index (Phi) is 10.9. The van der Waals surface area contributed by atoms with Gasteiger partial charge in [0.15, 0.2) is 0 Å². The smallest absolute Gasteiger partial charge is 0.222 e. The Morgan fingerprint density at radius 1 is 1.25 bits per heavy atom. The van der Waals surface area contributed by atoms with E-state index in [0.717, 1.165) is 56.8 Å². The third kappa shape index (κ3) is 6.11. The van der Waals surface area contributed by atoms with Crippen LogP contribution in [0.3, 0.4) is 0 Å². The largest absolute Gasteiger partial charge is 0.496 e. The number of likely N-dealkylation sites (tertiary alicyclic amines) is 2. The number of methoxy groups -OCH3 is 1. The van der Waals surface area contributed by atoms with Crippen molar-refractivity contribution in [3.63, 3.8) is 0 Å². The summed E-state index contributed by atoms with van der Waals surface area (Å²) in [5.41, 5.74) is 6.75. The molecule has 0 bridgehead atoms. The summed E-state index contributed by atoms with van der Waals surface area (Å²) in [7, 11) is 1.71. The van der Waals surface area contributed by atoms with Crippen molar-refractivity contribution >= 4 is 36.8 Å². The normalized spacial score (nSPS) is 22.4. The molecule has 2 fully saturated rings. The molecule has 0 aromatic heterocycles. The Bertz CT molecular complexity index is 642. The lowest BCUT2D eigenvalue weighted by molar-refractivity contribution is -0.141. The summed E-state index contributed by atoms with van der Waals surface area (Å²) in [4.78, 5) is 16.9. The van der Waals surface area contributed by atoms with Crippen molar-refractivity contribution in [1.82, 2.24) is 9.80 Å². The molecule has 1 aromatic rings. The molecule has 0 aliphatic carbocycles. The first-order valence-corrected chi connectivity index (χ1v) is 9.74. The van der Waals surface area contributed by atoms with Gasteiger partial charge in [0.1, 0.15) is 5.75 Å². The van der Waals surface area contributed by atoms with E-state index >= 15 is 0 Å². The molecule has 0 spiro atoms. The SMILES string of the molecule is COc1ccccc1/C=C/CN1CC[C@@H]2[C@@H](CCC(=O)N2CCCN)C1.Cl.Cl. The van der Waals surface area contributed by atoms with Gasteiger partial charge in [0.05, 0.1) is 7.11 Å². The zero-order valence-corrected chi connectivity index (χ0v) is 18.2. The molecule has 2 atom stereocenters. The zero-order chi connectivity index (χ0) is 18.4. The Labute approximate surface area is 181 Å². The lowest BCUT2D eigenvalue weighted by Gasteiger charge is -2.47. The number of carbonyl (C=O) groups is 1. The zero-order valence-electron chi connectivity index (χ0n) is 16.6. The summed E-state index contributed by atoms with van der Waals surface area (Å²) in [5, 5.41) is 0. The van der Waals surface area contributed by atoms with Gasteiger partial charge in [-0.25, -0.2) is 0 Å². The second-order valence-corrected chi connectivity index (χ2v) is 7.29. The van der Waals surface area contributed by atoms with Gasteiger partial charge < -0.3 is 15.4 Å². The van der Waals surface area contributed by atoms with Gasteiger partial charge in [-0.3, -0.25) is 9.69 Å². The average Bonchev–Trinajstić information content (AvgIpc) is 2.67. The molecule has 7 heteroatoms. The minimum Gasteiger partial charge on any atom is -0.496 e. The number of hydrogen-bond acceptors (Lipinski definition) is 4. The van der Waals surface area contributed by atoms with E-state index in [1.807, 2.05) is 18.2 Å². The van der Waals surface area contributed by atoms with Crippen molar-refractivity contribution in [2.75, 3.05) is 39.8 Å². The van der Waals surface area contributed by atoms with Gasteiger partial charge in [-0.15, -0.1) is 24.8 Å².